The van der Waals surface area contributed by atoms with Gasteiger partial charge in [0.05, 0.1) is 20.6 Å². The van der Waals surface area contributed by atoms with Crippen LogP contribution in [0.5, 0.6) is 11.5 Å². The normalized spacial score (nSPS) is 10.3. The number of hydrogen-bond acceptors (Lipinski definition) is 4. The van der Waals surface area contributed by atoms with Crippen molar-refractivity contribution >= 4 is 18.0 Å². The Morgan fingerprint density at radius 3 is 2.65 bits per heavy atom. The number of carbonyl (C=O) groups excluding carboxylic acids is 1. The fourth-order valence-electron chi connectivity index (χ4n) is 1.49. The van der Waals surface area contributed by atoms with Gasteiger partial charge in [-0.05, 0) is 24.3 Å². The fourth-order valence-corrected chi connectivity index (χ4v) is 1.49. The van der Waals surface area contributed by atoms with Crippen molar-refractivity contribution in [1.29, 1.82) is 0 Å². The SMILES string of the molecule is COc1ccc(OC)c(C=CC(=O)NCCC(=O)O)c1. The molecule has 0 unspecified atom stereocenters. The Labute approximate surface area is 117 Å². The maximum Gasteiger partial charge on any atom is 0.305 e. The van der Waals surface area contributed by atoms with Gasteiger partial charge in [0.1, 0.15) is 11.5 Å². The fraction of sp³-hybridized carbons (Fsp3) is 0.286. The number of ether oxygens (including phenoxy) is 2. The van der Waals surface area contributed by atoms with Crippen LogP contribution in [-0.4, -0.2) is 37.7 Å². The van der Waals surface area contributed by atoms with E-state index in [0.29, 0.717) is 17.1 Å². The molecule has 0 saturated heterocycles. The predicted octanol–water partition coefficient (Wildman–Crippen LogP) is 1.31. The van der Waals surface area contributed by atoms with E-state index in [1.54, 1.807) is 31.4 Å². The maximum absolute atomic E-state index is 11.5. The van der Waals surface area contributed by atoms with E-state index in [1.807, 2.05) is 0 Å². The van der Waals surface area contributed by atoms with Gasteiger partial charge in [-0.3, -0.25) is 9.59 Å². The highest BCUT2D eigenvalue weighted by Crippen LogP contribution is 2.24. The Hall–Kier alpha value is -2.50. The summed E-state index contributed by atoms with van der Waals surface area (Å²) in [6, 6.07) is 5.23. The van der Waals surface area contributed by atoms with Crippen molar-refractivity contribution in [3.8, 4) is 11.5 Å². The molecule has 20 heavy (non-hydrogen) atoms. The molecule has 0 aliphatic carbocycles. The van der Waals surface area contributed by atoms with E-state index in [2.05, 4.69) is 5.32 Å². The van der Waals surface area contributed by atoms with Gasteiger partial charge in [0.25, 0.3) is 0 Å². The molecule has 6 nitrogen and oxygen atoms in total. The highest BCUT2D eigenvalue weighted by molar-refractivity contribution is 5.92. The van der Waals surface area contributed by atoms with Crippen LogP contribution in [-0.2, 0) is 9.59 Å². The zero-order chi connectivity index (χ0) is 15.0. The zero-order valence-corrected chi connectivity index (χ0v) is 11.4. The number of carboxylic acid groups (broad SMARTS) is 1. The van der Waals surface area contributed by atoms with Crippen LogP contribution in [0.3, 0.4) is 0 Å². The van der Waals surface area contributed by atoms with Crippen molar-refractivity contribution in [2.24, 2.45) is 0 Å². The first-order valence-electron chi connectivity index (χ1n) is 5.96. The minimum atomic E-state index is -0.955. The largest absolute Gasteiger partial charge is 0.497 e. The molecule has 1 rings (SSSR count). The molecule has 0 aliphatic heterocycles. The van der Waals surface area contributed by atoms with Crippen molar-refractivity contribution in [3.05, 3.63) is 29.8 Å². The van der Waals surface area contributed by atoms with Gasteiger partial charge in [-0.15, -0.1) is 0 Å². The summed E-state index contributed by atoms with van der Waals surface area (Å²) < 4.78 is 10.3. The minimum Gasteiger partial charge on any atom is -0.497 e. The van der Waals surface area contributed by atoms with Crippen LogP contribution in [0, 0.1) is 0 Å². The number of hydrogen-bond donors (Lipinski definition) is 2. The number of methoxy groups -OCH3 is 2. The second kappa shape index (κ2) is 7.83. The van der Waals surface area contributed by atoms with E-state index in [-0.39, 0.29) is 18.9 Å². The van der Waals surface area contributed by atoms with Crippen molar-refractivity contribution in [2.75, 3.05) is 20.8 Å². The van der Waals surface area contributed by atoms with E-state index in [4.69, 9.17) is 14.6 Å². The third-order valence-corrected chi connectivity index (χ3v) is 2.49. The monoisotopic (exact) mass is 279 g/mol. The summed E-state index contributed by atoms with van der Waals surface area (Å²) in [6.07, 6.45) is 2.79. The van der Waals surface area contributed by atoms with Crippen molar-refractivity contribution in [1.82, 2.24) is 5.32 Å². The first kappa shape index (κ1) is 15.6. The lowest BCUT2D eigenvalue weighted by Crippen LogP contribution is -2.23. The molecule has 0 aromatic heterocycles. The predicted molar refractivity (Wildman–Crippen MR) is 73.8 cm³/mol. The van der Waals surface area contributed by atoms with Gasteiger partial charge < -0.3 is 19.9 Å². The average molecular weight is 279 g/mol. The smallest absolute Gasteiger partial charge is 0.305 e. The molecule has 1 aromatic carbocycles. The lowest BCUT2D eigenvalue weighted by Gasteiger charge is -2.07. The third-order valence-electron chi connectivity index (χ3n) is 2.49. The Bertz CT molecular complexity index is 510. The summed E-state index contributed by atoms with van der Waals surface area (Å²) >= 11 is 0. The molecule has 108 valence electrons. The molecule has 1 amide bonds. The zero-order valence-electron chi connectivity index (χ0n) is 11.4. The van der Waals surface area contributed by atoms with Gasteiger partial charge in [-0.25, -0.2) is 0 Å². The van der Waals surface area contributed by atoms with Crippen molar-refractivity contribution in [2.45, 2.75) is 6.42 Å². The van der Waals surface area contributed by atoms with Crippen LogP contribution in [0.15, 0.2) is 24.3 Å². The molecule has 0 fully saturated rings. The van der Waals surface area contributed by atoms with Crippen LogP contribution in [0.1, 0.15) is 12.0 Å². The Kier molecular flexibility index (Phi) is 6.09. The number of rotatable bonds is 7. The van der Waals surface area contributed by atoms with Crippen LogP contribution in [0.25, 0.3) is 6.08 Å². The van der Waals surface area contributed by atoms with Gasteiger partial charge in [-0.2, -0.15) is 0 Å². The number of nitrogens with one attached hydrogen (secondary N) is 1. The number of benzene rings is 1. The Balaban J connectivity index is 2.68. The second-order valence-electron chi connectivity index (χ2n) is 3.88. The molecule has 0 radical (unpaired) electrons. The lowest BCUT2D eigenvalue weighted by molar-refractivity contribution is -0.136. The summed E-state index contributed by atoms with van der Waals surface area (Å²) in [5.41, 5.74) is 0.695. The molecule has 0 saturated carbocycles. The standard InChI is InChI=1S/C14H17NO5/c1-19-11-4-5-12(20-2)10(9-11)3-6-13(16)15-8-7-14(17)18/h3-6,9H,7-8H2,1-2H3,(H,15,16)(H,17,18). The number of aliphatic carboxylic acids is 1. The van der Waals surface area contributed by atoms with E-state index in [1.165, 1.54) is 13.2 Å². The molecule has 0 bridgehead atoms. The minimum absolute atomic E-state index is 0.0910. The average Bonchev–Trinajstić information content (AvgIpc) is 2.44. The topological polar surface area (TPSA) is 84.9 Å². The highest BCUT2D eigenvalue weighted by atomic mass is 16.5. The quantitative estimate of drug-likeness (QED) is 0.735. The molecule has 2 N–H and O–H groups in total. The highest BCUT2D eigenvalue weighted by Gasteiger charge is 2.03. The first-order chi connectivity index (χ1) is 9.56. The number of amides is 1. The number of carboxylic acids is 1. The van der Waals surface area contributed by atoms with E-state index < -0.39 is 5.97 Å². The van der Waals surface area contributed by atoms with E-state index in [9.17, 15) is 9.59 Å². The molecule has 1 aromatic rings. The van der Waals surface area contributed by atoms with Gasteiger partial charge in [0.15, 0.2) is 0 Å². The Morgan fingerprint density at radius 1 is 1.30 bits per heavy atom. The summed E-state index contributed by atoms with van der Waals surface area (Å²) in [5.74, 6) is -0.0583. The lowest BCUT2D eigenvalue weighted by atomic mass is 10.1. The first-order valence-corrected chi connectivity index (χ1v) is 5.96. The molecule has 6 heteroatoms. The van der Waals surface area contributed by atoms with Gasteiger partial charge in [0.2, 0.25) is 5.91 Å². The summed E-state index contributed by atoms with van der Waals surface area (Å²) in [7, 11) is 3.08. The van der Waals surface area contributed by atoms with Crippen LogP contribution >= 0.6 is 0 Å². The van der Waals surface area contributed by atoms with E-state index >= 15 is 0 Å². The molecular formula is C14H17NO5. The maximum atomic E-state index is 11.5. The summed E-state index contributed by atoms with van der Waals surface area (Å²) in [4.78, 5) is 21.8. The van der Waals surface area contributed by atoms with Crippen LogP contribution in [0.2, 0.25) is 0 Å². The van der Waals surface area contributed by atoms with Crippen molar-refractivity contribution in [3.63, 3.8) is 0 Å². The third kappa shape index (κ3) is 5.01. The Morgan fingerprint density at radius 2 is 2.05 bits per heavy atom. The summed E-state index contributed by atoms with van der Waals surface area (Å²) in [6.45, 7) is 0.0910. The van der Waals surface area contributed by atoms with Crippen molar-refractivity contribution < 1.29 is 24.2 Å². The van der Waals surface area contributed by atoms with E-state index in [0.717, 1.165) is 0 Å². The molecule has 0 spiro atoms. The number of carbonyl (C=O) groups is 2. The molecular weight excluding hydrogens is 262 g/mol. The second-order valence-corrected chi connectivity index (χ2v) is 3.88. The molecule has 0 aliphatic rings. The van der Waals surface area contributed by atoms with Gasteiger partial charge in [0, 0.05) is 18.2 Å². The molecule has 0 atom stereocenters. The molecule has 0 heterocycles. The van der Waals surface area contributed by atoms with Crippen LogP contribution < -0.4 is 14.8 Å². The van der Waals surface area contributed by atoms with Gasteiger partial charge in [-0.1, -0.05) is 0 Å². The summed E-state index contributed by atoms with van der Waals surface area (Å²) in [5, 5.41) is 10.9. The van der Waals surface area contributed by atoms with Gasteiger partial charge >= 0.3 is 5.97 Å². The van der Waals surface area contributed by atoms with Crippen LogP contribution in [0.4, 0.5) is 0 Å².